The SMILES string of the molecule is Cc1ccc2nc(NC(C)(C)C)c(-c3ccccc3)c(Cl)c2c1. The number of anilines is 1. The molecule has 3 heteroatoms. The third-order valence-corrected chi connectivity index (χ3v) is 4.03. The molecule has 0 aliphatic carbocycles. The van der Waals surface area contributed by atoms with Gasteiger partial charge in [-0.3, -0.25) is 0 Å². The van der Waals surface area contributed by atoms with Gasteiger partial charge in [-0.05, 0) is 45.4 Å². The quantitative estimate of drug-likeness (QED) is 0.618. The van der Waals surface area contributed by atoms with Crippen LogP contribution < -0.4 is 5.32 Å². The van der Waals surface area contributed by atoms with E-state index in [-0.39, 0.29) is 5.54 Å². The van der Waals surface area contributed by atoms with Crippen LogP contribution >= 0.6 is 11.6 Å². The minimum atomic E-state index is -0.0990. The largest absolute Gasteiger partial charge is 0.365 e. The summed E-state index contributed by atoms with van der Waals surface area (Å²) >= 11 is 6.80. The molecule has 0 radical (unpaired) electrons. The van der Waals surface area contributed by atoms with Gasteiger partial charge in [-0.2, -0.15) is 0 Å². The minimum Gasteiger partial charge on any atom is -0.365 e. The lowest BCUT2D eigenvalue weighted by molar-refractivity contribution is 0.631. The van der Waals surface area contributed by atoms with E-state index in [1.807, 2.05) is 24.3 Å². The van der Waals surface area contributed by atoms with Crippen LogP contribution in [0.5, 0.6) is 0 Å². The minimum absolute atomic E-state index is 0.0990. The van der Waals surface area contributed by atoms with Crippen molar-refractivity contribution in [1.29, 1.82) is 0 Å². The fourth-order valence-electron chi connectivity index (χ4n) is 2.65. The molecule has 0 spiro atoms. The van der Waals surface area contributed by atoms with Gasteiger partial charge in [-0.1, -0.05) is 53.6 Å². The summed E-state index contributed by atoms with van der Waals surface area (Å²) in [5.74, 6) is 0.824. The van der Waals surface area contributed by atoms with Gasteiger partial charge in [-0.25, -0.2) is 4.98 Å². The number of benzene rings is 2. The van der Waals surface area contributed by atoms with Crippen LogP contribution in [0.1, 0.15) is 26.3 Å². The van der Waals surface area contributed by atoms with Gasteiger partial charge in [-0.15, -0.1) is 0 Å². The molecule has 0 aliphatic rings. The zero-order chi connectivity index (χ0) is 16.6. The Hall–Kier alpha value is -2.06. The predicted molar refractivity (Wildman–Crippen MR) is 100 cm³/mol. The topological polar surface area (TPSA) is 24.9 Å². The number of nitrogens with one attached hydrogen (secondary N) is 1. The molecule has 0 amide bonds. The molecule has 118 valence electrons. The summed E-state index contributed by atoms with van der Waals surface area (Å²) in [7, 11) is 0. The van der Waals surface area contributed by atoms with E-state index in [4.69, 9.17) is 16.6 Å². The van der Waals surface area contributed by atoms with Crippen LogP contribution in [0.25, 0.3) is 22.0 Å². The average molecular weight is 325 g/mol. The molecule has 23 heavy (non-hydrogen) atoms. The van der Waals surface area contributed by atoms with E-state index >= 15 is 0 Å². The van der Waals surface area contributed by atoms with Crippen molar-refractivity contribution in [3.8, 4) is 11.1 Å². The molecule has 0 saturated carbocycles. The molecule has 2 nitrogen and oxygen atoms in total. The second-order valence-corrected chi connectivity index (χ2v) is 7.29. The Morgan fingerprint density at radius 2 is 1.70 bits per heavy atom. The smallest absolute Gasteiger partial charge is 0.136 e. The number of pyridine rings is 1. The van der Waals surface area contributed by atoms with Crippen LogP contribution in [0, 0.1) is 6.92 Å². The van der Waals surface area contributed by atoms with Gasteiger partial charge in [0.15, 0.2) is 0 Å². The first-order chi connectivity index (χ1) is 10.8. The maximum atomic E-state index is 6.80. The summed E-state index contributed by atoms with van der Waals surface area (Å²) in [5.41, 5.74) is 4.02. The van der Waals surface area contributed by atoms with Gasteiger partial charge in [0.2, 0.25) is 0 Å². The van der Waals surface area contributed by atoms with Gasteiger partial charge in [0.1, 0.15) is 5.82 Å². The van der Waals surface area contributed by atoms with Crippen LogP contribution in [0.4, 0.5) is 5.82 Å². The highest BCUT2D eigenvalue weighted by Crippen LogP contribution is 2.39. The Balaban J connectivity index is 2.33. The first-order valence-corrected chi connectivity index (χ1v) is 8.16. The van der Waals surface area contributed by atoms with Gasteiger partial charge in [0.05, 0.1) is 10.5 Å². The molecule has 0 fully saturated rings. The molecule has 0 atom stereocenters. The summed E-state index contributed by atoms with van der Waals surface area (Å²) in [6.45, 7) is 8.43. The summed E-state index contributed by atoms with van der Waals surface area (Å²) in [6, 6.07) is 16.4. The Morgan fingerprint density at radius 1 is 1.00 bits per heavy atom. The molecule has 0 saturated heterocycles. The summed E-state index contributed by atoms with van der Waals surface area (Å²) in [5, 5.41) is 5.24. The van der Waals surface area contributed by atoms with Crippen LogP contribution in [-0.4, -0.2) is 10.5 Å². The van der Waals surface area contributed by atoms with Crippen molar-refractivity contribution in [2.45, 2.75) is 33.2 Å². The highest BCUT2D eigenvalue weighted by molar-refractivity contribution is 6.38. The molecule has 2 aromatic carbocycles. The van der Waals surface area contributed by atoms with Crippen LogP contribution in [0.2, 0.25) is 5.02 Å². The Kier molecular flexibility index (Phi) is 4.03. The number of hydrogen-bond donors (Lipinski definition) is 1. The van der Waals surface area contributed by atoms with E-state index < -0.39 is 0 Å². The molecule has 0 aliphatic heterocycles. The first-order valence-electron chi connectivity index (χ1n) is 7.78. The third-order valence-electron chi connectivity index (χ3n) is 3.63. The zero-order valence-electron chi connectivity index (χ0n) is 13.9. The number of aromatic nitrogens is 1. The molecule has 0 bridgehead atoms. The number of fused-ring (bicyclic) bond motifs is 1. The van der Waals surface area contributed by atoms with Crippen molar-refractivity contribution in [1.82, 2.24) is 4.98 Å². The number of nitrogens with zero attached hydrogens (tertiary/aromatic N) is 1. The molecule has 1 N–H and O–H groups in total. The maximum absolute atomic E-state index is 6.80. The first kappa shape index (κ1) is 15.8. The number of hydrogen-bond acceptors (Lipinski definition) is 2. The third kappa shape index (κ3) is 3.32. The molecular formula is C20H21ClN2. The summed E-state index contributed by atoms with van der Waals surface area (Å²) in [4.78, 5) is 4.84. The second kappa shape index (κ2) is 5.86. The Bertz CT molecular complexity index is 849. The maximum Gasteiger partial charge on any atom is 0.136 e. The fourth-order valence-corrected chi connectivity index (χ4v) is 3.00. The normalized spacial score (nSPS) is 11.7. The lowest BCUT2D eigenvalue weighted by atomic mass is 10.0. The molecule has 3 aromatic rings. The van der Waals surface area contributed by atoms with Gasteiger partial charge in [0, 0.05) is 16.5 Å². The Labute approximate surface area is 142 Å². The van der Waals surface area contributed by atoms with Crippen molar-refractivity contribution in [3.05, 3.63) is 59.1 Å². The molecule has 0 unspecified atom stereocenters. The van der Waals surface area contributed by atoms with Gasteiger partial charge in [0.25, 0.3) is 0 Å². The van der Waals surface area contributed by atoms with E-state index in [0.717, 1.165) is 32.9 Å². The average Bonchev–Trinajstić information content (AvgIpc) is 2.48. The van der Waals surface area contributed by atoms with Crippen LogP contribution in [0.3, 0.4) is 0 Å². The van der Waals surface area contributed by atoms with Crippen molar-refractivity contribution < 1.29 is 0 Å². The van der Waals surface area contributed by atoms with Crippen molar-refractivity contribution in [2.75, 3.05) is 5.32 Å². The van der Waals surface area contributed by atoms with Crippen molar-refractivity contribution in [3.63, 3.8) is 0 Å². The highest BCUT2D eigenvalue weighted by Gasteiger charge is 2.19. The molecule has 1 heterocycles. The van der Waals surface area contributed by atoms with Gasteiger partial charge < -0.3 is 5.32 Å². The van der Waals surface area contributed by atoms with E-state index in [1.165, 1.54) is 5.56 Å². The van der Waals surface area contributed by atoms with Gasteiger partial charge >= 0.3 is 0 Å². The lowest BCUT2D eigenvalue weighted by Gasteiger charge is -2.24. The molecular weight excluding hydrogens is 304 g/mol. The molecule has 1 aromatic heterocycles. The van der Waals surface area contributed by atoms with Crippen molar-refractivity contribution >= 4 is 28.3 Å². The monoisotopic (exact) mass is 324 g/mol. The Morgan fingerprint density at radius 3 is 2.35 bits per heavy atom. The second-order valence-electron chi connectivity index (χ2n) is 6.91. The number of halogens is 1. The predicted octanol–water partition coefficient (Wildman–Crippen LogP) is 6.07. The number of rotatable bonds is 2. The van der Waals surface area contributed by atoms with E-state index in [9.17, 15) is 0 Å². The summed E-state index contributed by atoms with van der Waals surface area (Å²) in [6.07, 6.45) is 0. The van der Waals surface area contributed by atoms with Crippen molar-refractivity contribution in [2.24, 2.45) is 0 Å². The summed E-state index contributed by atoms with van der Waals surface area (Å²) < 4.78 is 0. The highest BCUT2D eigenvalue weighted by atomic mass is 35.5. The van der Waals surface area contributed by atoms with E-state index in [0.29, 0.717) is 0 Å². The van der Waals surface area contributed by atoms with Crippen LogP contribution in [0.15, 0.2) is 48.5 Å². The zero-order valence-corrected chi connectivity index (χ0v) is 14.7. The number of aryl methyl sites for hydroxylation is 1. The standard InChI is InChI=1S/C20H21ClN2/c1-13-10-11-16-15(12-13)18(21)17(14-8-6-5-7-9-14)19(22-16)23-20(2,3)4/h5-12H,1-4H3,(H,22,23). The van der Waals surface area contributed by atoms with Crippen LogP contribution in [-0.2, 0) is 0 Å². The molecule has 3 rings (SSSR count). The lowest BCUT2D eigenvalue weighted by Crippen LogP contribution is -2.27. The van der Waals surface area contributed by atoms with E-state index in [1.54, 1.807) is 0 Å². The fraction of sp³-hybridized carbons (Fsp3) is 0.250. The van der Waals surface area contributed by atoms with E-state index in [2.05, 4.69) is 57.3 Å².